The Labute approximate surface area is 257 Å². The van der Waals surface area contributed by atoms with Crippen LogP contribution in [0, 0.1) is 23.2 Å². The first-order valence-electron chi connectivity index (χ1n) is 15.4. The third-order valence-corrected chi connectivity index (χ3v) is 8.14. The van der Waals surface area contributed by atoms with Crippen LogP contribution < -0.4 is 10.6 Å². The number of esters is 1. The molecule has 0 bridgehead atoms. The Kier molecular flexibility index (Phi) is 10.2. The molecule has 44 heavy (non-hydrogen) atoms. The van der Waals surface area contributed by atoms with Crippen LogP contribution in [-0.4, -0.2) is 67.6 Å². The zero-order chi connectivity index (χ0) is 32.2. The van der Waals surface area contributed by atoms with Crippen molar-refractivity contribution in [2.24, 2.45) is 11.8 Å². The standard InChI is InChI=1S/C31H44N6O7/c1-7-21-25(42-23(38)15-19-11-9-8-10-12-19)26(39)31(16-32,43-21)22-14-13-20-27(33-17-34-37(20)22)36-28(40)24(18(2)3)35-29(41)44-30(4,5)6/h13-14,17-19,21,24-26,39H,7-12,15H2,1-6H3,(H,35,41)(H,33,34,36,40)/t21-,24+,25-,26-,31+/m1/s1. The number of carbonyl (C=O) groups is 3. The Hall–Kier alpha value is -3.76. The summed E-state index contributed by atoms with van der Waals surface area (Å²) in [5.41, 5.74) is -2.13. The van der Waals surface area contributed by atoms with Crippen LogP contribution in [0.5, 0.6) is 0 Å². The molecule has 1 aliphatic heterocycles. The molecule has 240 valence electrons. The first-order valence-corrected chi connectivity index (χ1v) is 15.4. The molecule has 2 aromatic heterocycles. The minimum absolute atomic E-state index is 0.121. The van der Waals surface area contributed by atoms with Gasteiger partial charge < -0.3 is 30.0 Å². The summed E-state index contributed by atoms with van der Waals surface area (Å²) in [5.74, 6) is -0.849. The lowest BCUT2D eigenvalue weighted by atomic mass is 9.87. The molecule has 13 heteroatoms. The molecule has 5 atom stereocenters. The van der Waals surface area contributed by atoms with E-state index < -0.39 is 53.5 Å². The first-order chi connectivity index (χ1) is 20.8. The van der Waals surface area contributed by atoms with Crippen molar-refractivity contribution in [3.8, 4) is 6.07 Å². The Bertz CT molecular complexity index is 1390. The molecule has 2 aliphatic rings. The molecule has 13 nitrogen and oxygen atoms in total. The maximum Gasteiger partial charge on any atom is 0.408 e. The molecule has 0 radical (unpaired) electrons. The highest BCUT2D eigenvalue weighted by Crippen LogP contribution is 2.43. The zero-order valence-electron chi connectivity index (χ0n) is 26.3. The van der Waals surface area contributed by atoms with E-state index in [1.54, 1.807) is 46.8 Å². The van der Waals surface area contributed by atoms with Gasteiger partial charge in [-0.05, 0) is 64.0 Å². The molecule has 3 heterocycles. The fourth-order valence-electron chi connectivity index (χ4n) is 5.93. The summed E-state index contributed by atoms with van der Waals surface area (Å²) in [6, 6.07) is 4.33. The molecule has 4 rings (SSSR count). The van der Waals surface area contributed by atoms with Crippen LogP contribution in [0.3, 0.4) is 0 Å². The third-order valence-electron chi connectivity index (χ3n) is 8.14. The van der Waals surface area contributed by atoms with E-state index >= 15 is 0 Å². The molecular formula is C31H44N6O7. The van der Waals surface area contributed by atoms with E-state index in [0.717, 1.165) is 25.7 Å². The largest absolute Gasteiger partial charge is 0.457 e. The number of carbonyl (C=O) groups excluding carboxylic acids is 3. The van der Waals surface area contributed by atoms with Crippen molar-refractivity contribution < 1.29 is 33.7 Å². The van der Waals surface area contributed by atoms with Crippen molar-refractivity contribution >= 4 is 29.3 Å². The van der Waals surface area contributed by atoms with E-state index in [0.29, 0.717) is 11.9 Å². The van der Waals surface area contributed by atoms with Gasteiger partial charge in [-0.15, -0.1) is 0 Å². The van der Waals surface area contributed by atoms with Crippen LogP contribution in [-0.2, 0) is 29.4 Å². The Morgan fingerprint density at radius 3 is 2.55 bits per heavy atom. The number of hydrogen-bond donors (Lipinski definition) is 3. The number of aromatic nitrogens is 3. The first kappa shape index (κ1) is 33.1. The molecule has 0 aromatic carbocycles. The Morgan fingerprint density at radius 1 is 1.23 bits per heavy atom. The SMILES string of the molecule is CC[C@H]1O[C@@](C#N)(c2ccc3c(NC(=O)[C@@H](NC(=O)OC(C)(C)C)C(C)C)ncnn23)[C@H](O)[C@@H]1OC(=O)CC1CCCCC1. The topological polar surface area (TPSA) is 177 Å². The number of rotatable bonds is 9. The number of fused-ring (bicyclic) bond motifs is 1. The summed E-state index contributed by atoms with van der Waals surface area (Å²) >= 11 is 0. The highest BCUT2D eigenvalue weighted by atomic mass is 16.6. The number of aliphatic hydroxyl groups excluding tert-OH is 1. The summed E-state index contributed by atoms with van der Waals surface area (Å²) in [6.45, 7) is 10.6. The predicted molar refractivity (Wildman–Crippen MR) is 159 cm³/mol. The lowest BCUT2D eigenvalue weighted by molar-refractivity contribution is -0.157. The summed E-state index contributed by atoms with van der Waals surface area (Å²) in [6.07, 6.45) is 3.15. The lowest BCUT2D eigenvalue weighted by Gasteiger charge is -2.26. The molecule has 3 N–H and O–H groups in total. The van der Waals surface area contributed by atoms with Gasteiger partial charge in [0.1, 0.15) is 35.7 Å². The maximum absolute atomic E-state index is 13.3. The van der Waals surface area contributed by atoms with E-state index in [2.05, 4.69) is 26.8 Å². The summed E-state index contributed by atoms with van der Waals surface area (Å²) < 4.78 is 18.6. The minimum atomic E-state index is -1.91. The van der Waals surface area contributed by atoms with Crippen molar-refractivity contribution in [3.63, 3.8) is 0 Å². The number of nitrogens with one attached hydrogen (secondary N) is 2. The van der Waals surface area contributed by atoms with Crippen LogP contribution in [0.4, 0.5) is 10.6 Å². The second-order valence-corrected chi connectivity index (χ2v) is 13.0. The van der Waals surface area contributed by atoms with Crippen LogP contribution in [0.2, 0.25) is 0 Å². The number of nitrogens with zero attached hydrogens (tertiary/aromatic N) is 4. The number of amides is 2. The summed E-state index contributed by atoms with van der Waals surface area (Å²) in [4.78, 5) is 42.8. The Balaban J connectivity index is 1.57. The minimum Gasteiger partial charge on any atom is -0.457 e. The van der Waals surface area contributed by atoms with Gasteiger partial charge >= 0.3 is 12.1 Å². The molecule has 1 saturated heterocycles. The monoisotopic (exact) mass is 612 g/mol. The van der Waals surface area contributed by atoms with Gasteiger partial charge in [-0.2, -0.15) is 10.4 Å². The van der Waals surface area contributed by atoms with Crippen LogP contribution in [0.1, 0.15) is 92.2 Å². The van der Waals surface area contributed by atoms with Gasteiger partial charge in [-0.25, -0.2) is 14.3 Å². The van der Waals surface area contributed by atoms with E-state index in [4.69, 9.17) is 14.2 Å². The number of nitriles is 1. The van der Waals surface area contributed by atoms with Gasteiger partial charge in [0.15, 0.2) is 11.9 Å². The van der Waals surface area contributed by atoms with Gasteiger partial charge in [0.2, 0.25) is 11.5 Å². The maximum atomic E-state index is 13.3. The molecule has 0 spiro atoms. The molecular weight excluding hydrogens is 568 g/mol. The molecule has 1 aliphatic carbocycles. The third kappa shape index (κ3) is 7.13. The number of ether oxygens (including phenoxy) is 3. The van der Waals surface area contributed by atoms with Crippen molar-refractivity contribution in [2.45, 2.75) is 122 Å². The lowest BCUT2D eigenvalue weighted by Crippen LogP contribution is -2.48. The summed E-state index contributed by atoms with van der Waals surface area (Å²) in [5, 5.41) is 31.5. The average Bonchev–Trinajstić information content (AvgIpc) is 3.51. The Morgan fingerprint density at radius 2 is 1.93 bits per heavy atom. The van der Waals surface area contributed by atoms with Crippen molar-refractivity contribution in [3.05, 3.63) is 24.2 Å². The van der Waals surface area contributed by atoms with Crippen LogP contribution in [0.15, 0.2) is 18.5 Å². The highest BCUT2D eigenvalue weighted by molar-refractivity contribution is 5.98. The summed E-state index contributed by atoms with van der Waals surface area (Å²) in [7, 11) is 0. The quantitative estimate of drug-likeness (QED) is 0.351. The zero-order valence-corrected chi connectivity index (χ0v) is 26.3. The molecule has 2 aromatic rings. The molecule has 2 amide bonds. The van der Waals surface area contributed by atoms with Gasteiger partial charge in [-0.1, -0.05) is 40.0 Å². The fourth-order valence-corrected chi connectivity index (χ4v) is 5.93. The van der Waals surface area contributed by atoms with E-state index in [1.807, 2.05) is 6.92 Å². The number of alkyl carbamates (subject to hydrolysis) is 1. The predicted octanol–water partition coefficient (Wildman–Crippen LogP) is 3.99. The van der Waals surface area contributed by atoms with Gasteiger partial charge in [0, 0.05) is 6.42 Å². The van der Waals surface area contributed by atoms with Crippen molar-refractivity contribution in [2.75, 3.05) is 5.32 Å². The molecule has 2 fully saturated rings. The van der Waals surface area contributed by atoms with E-state index in [1.165, 1.54) is 17.3 Å². The smallest absolute Gasteiger partial charge is 0.408 e. The van der Waals surface area contributed by atoms with Gasteiger partial charge in [-0.3, -0.25) is 9.59 Å². The van der Waals surface area contributed by atoms with Crippen molar-refractivity contribution in [1.82, 2.24) is 19.9 Å². The van der Waals surface area contributed by atoms with E-state index in [9.17, 15) is 24.8 Å². The number of hydrogen-bond acceptors (Lipinski definition) is 10. The van der Waals surface area contributed by atoms with Crippen molar-refractivity contribution in [1.29, 1.82) is 5.26 Å². The van der Waals surface area contributed by atoms with Gasteiger partial charge in [0.05, 0.1) is 11.8 Å². The van der Waals surface area contributed by atoms with Crippen LogP contribution >= 0.6 is 0 Å². The number of aliphatic hydroxyl groups is 1. The fraction of sp³-hybridized carbons (Fsp3) is 0.677. The number of anilines is 1. The molecule has 1 saturated carbocycles. The average molecular weight is 613 g/mol. The van der Waals surface area contributed by atoms with Crippen LogP contribution in [0.25, 0.3) is 5.52 Å². The van der Waals surface area contributed by atoms with E-state index in [-0.39, 0.29) is 29.8 Å². The normalized spacial score (nSPS) is 24.9. The highest BCUT2D eigenvalue weighted by Gasteiger charge is 2.59. The van der Waals surface area contributed by atoms with Gasteiger partial charge in [0.25, 0.3) is 0 Å². The molecule has 0 unspecified atom stereocenters. The second kappa shape index (κ2) is 13.5. The second-order valence-electron chi connectivity index (χ2n) is 13.0.